The molecule has 0 aliphatic rings. The lowest BCUT2D eigenvalue weighted by molar-refractivity contribution is -0.128. The van der Waals surface area contributed by atoms with E-state index >= 15 is 0 Å². The summed E-state index contributed by atoms with van der Waals surface area (Å²) in [6.07, 6.45) is 0.916. The quantitative estimate of drug-likeness (QED) is 0.793. The number of carbonyl (C=O) groups is 1. The van der Waals surface area contributed by atoms with Crippen molar-refractivity contribution in [2.24, 2.45) is 0 Å². The van der Waals surface area contributed by atoms with Gasteiger partial charge in [-0.1, -0.05) is 44.2 Å². The molecule has 4 nitrogen and oxygen atoms in total. The molecule has 2 aromatic carbocycles. The number of carbonyl (C=O) groups excluding carboxylic acids is 1. The molecule has 2 aromatic rings. The number of methoxy groups -OCH3 is 1. The number of hydrogen-bond acceptors (Lipinski definition) is 3. The molecular formula is C20H25NO3. The number of benzene rings is 2. The first kappa shape index (κ1) is 17.9. The first-order valence-electron chi connectivity index (χ1n) is 8.34. The van der Waals surface area contributed by atoms with Crippen LogP contribution in [0.25, 0.3) is 0 Å². The molecule has 2 atom stereocenters. The Balaban J connectivity index is 2.03. The minimum absolute atomic E-state index is 0.0446. The molecule has 0 spiro atoms. The second-order valence-electron chi connectivity index (χ2n) is 5.57. The van der Waals surface area contributed by atoms with Crippen molar-refractivity contribution in [3.8, 4) is 11.5 Å². The number of para-hydroxylation sites is 1. The summed E-state index contributed by atoms with van der Waals surface area (Å²) in [6.45, 7) is 4.00. The van der Waals surface area contributed by atoms with E-state index in [1.54, 1.807) is 7.11 Å². The van der Waals surface area contributed by atoms with Gasteiger partial charge in [-0.05, 0) is 42.7 Å². The summed E-state index contributed by atoms with van der Waals surface area (Å²) in [4.78, 5) is 12.6. The van der Waals surface area contributed by atoms with Crippen molar-refractivity contribution < 1.29 is 14.3 Å². The van der Waals surface area contributed by atoms with E-state index in [1.165, 1.54) is 0 Å². The third-order valence-electron chi connectivity index (χ3n) is 3.93. The molecule has 4 heteroatoms. The number of rotatable bonds is 8. The molecule has 0 aliphatic heterocycles. The molecule has 0 saturated heterocycles. The normalized spacial score (nSPS) is 13.0. The van der Waals surface area contributed by atoms with Gasteiger partial charge in [-0.25, -0.2) is 0 Å². The summed E-state index contributed by atoms with van der Waals surface area (Å²) in [5.41, 5.74) is 1.06. The van der Waals surface area contributed by atoms with Gasteiger partial charge < -0.3 is 14.8 Å². The van der Waals surface area contributed by atoms with Gasteiger partial charge in [0.05, 0.1) is 13.2 Å². The molecule has 0 saturated carbocycles. The van der Waals surface area contributed by atoms with Gasteiger partial charge in [-0.15, -0.1) is 0 Å². The van der Waals surface area contributed by atoms with Crippen molar-refractivity contribution in [2.45, 2.75) is 38.8 Å². The minimum atomic E-state index is -0.500. The second-order valence-corrected chi connectivity index (χ2v) is 5.57. The third-order valence-corrected chi connectivity index (χ3v) is 3.93. The van der Waals surface area contributed by atoms with Crippen molar-refractivity contribution in [1.82, 2.24) is 5.32 Å². The largest absolute Gasteiger partial charge is 0.497 e. The van der Waals surface area contributed by atoms with Crippen molar-refractivity contribution in [3.63, 3.8) is 0 Å². The maximum absolute atomic E-state index is 12.6. The fraction of sp³-hybridized carbons (Fsp3) is 0.350. The highest BCUT2D eigenvalue weighted by atomic mass is 16.5. The lowest BCUT2D eigenvalue weighted by Crippen LogP contribution is -2.39. The Morgan fingerprint density at radius 1 is 0.958 bits per heavy atom. The van der Waals surface area contributed by atoms with Crippen LogP contribution in [0, 0.1) is 0 Å². The number of nitrogens with one attached hydrogen (secondary N) is 1. The van der Waals surface area contributed by atoms with Gasteiger partial charge in [0.2, 0.25) is 0 Å². The van der Waals surface area contributed by atoms with E-state index in [9.17, 15) is 4.79 Å². The maximum Gasteiger partial charge on any atom is 0.261 e. The first-order valence-corrected chi connectivity index (χ1v) is 8.34. The Morgan fingerprint density at radius 3 is 2.17 bits per heavy atom. The lowest BCUT2D eigenvalue weighted by Gasteiger charge is -2.22. The average Bonchev–Trinajstić information content (AvgIpc) is 2.65. The topological polar surface area (TPSA) is 47.6 Å². The zero-order chi connectivity index (χ0) is 17.4. The van der Waals surface area contributed by atoms with Crippen LogP contribution in [0.15, 0.2) is 54.6 Å². The van der Waals surface area contributed by atoms with Crippen molar-refractivity contribution in [1.29, 1.82) is 0 Å². The first-order chi connectivity index (χ1) is 11.7. The zero-order valence-electron chi connectivity index (χ0n) is 14.5. The Hall–Kier alpha value is -2.49. The van der Waals surface area contributed by atoms with Crippen LogP contribution in [0.5, 0.6) is 11.5 Å². The monoisotopic (exact) mass is 327 g/mol. The van der Waals surface area contributed by atoms with Gasteiger partial charge in [0, 0.05) is 0 Å². The molecule has 2 rings (SSSR count). The van der Waals surface area contributed by atoms with Gasteiger partial charge in [0.25, 0.3) is 5.91 Å². The summed E-state index contributed by atoms with van der Waals surface area (Å²) in [7, 11) is 1.64. The van der Waals surface area contributed by atoms with Gasteiger partial charge in [-0.2, -0.15) is 0 Å². The van der Waals surface area contributed by atoms with Crippen LogP contribution in [0.3, 0.4) is 0 Å². The molecule has 0 aromatic heterocycles. The zero-order valence-corrected chi connectivity index (χ0v) is 14.5. The van der Waals surface area contributed by atoms with Crippen molar-refractivity contribution in [3.05, 3.63) is 60.2 Å². The fourth-order valence-electron chi connectivity index (χ4n) is 2.51. The Morgan fingerprint density at radius 2 is 1.62 bits per heavy atom. The van der Waals surface area contributed by atoms with E-state index in [-0.39, 0.29) is 11.9 Å². The molecule has 0 aliphatic carbocycles. The predicted molar refractivity (Wildman–Crippen MR) is 95.3 cm³/mol. The Labute approximate surface area is 143 Å². The molecule has 1 amide bonds. The van der Waals surface area contributed by atoms with Gasteiger partial charge in [-0.3, -0.25) is 4.79 Å². The summed E-state index contributed by atoms with van der Waals surface area (Å²) in [6, 6.07) is 17.1. The third kappa shape index (κ3) is 4.75. The Bertz CT molecular complexity index is 625. The second kappa shape index (κ2) is 8.96. The lowest BCUT2D eigenvalue weighted by atomic mass is 10.0. The smallest absolute Gasteiger partial charge is 0.261 e. The van der Waals surface area contributed by atoms with Gasteiger partial charge in [0.15, 0.2) is 6.10 Å². The summed E-state index contributed by atoms with van der Waals surface area (Å²) < 4.78 is 11.0. The van der Waals surface area contributed by atoms with Crippen LogP contribution in [-0.4, -0.2) is 19.1 Å². The average molecular weight is 327 g/mol. The van der Waals surface area contributed by atoms with Crippen LogP contribution >= 0.6 is 0 Å². The highest BCUT2D eigenvalue weighted by Gasteiger charge is 2.21. The summed E-state index contributed by atoms with van der Waals surface area (Å²) in [5.74, 6) is 1.42. The molecule has 0 heterocycles. The van der Waals surface area contributed by atoms with E-state index in [4.69, 9.17) is 9.47 Å². The van der Waals surface area contributed by atoms with Gasteiger partial charge >= 0.3 is 0 Å². The molecule has 128 valence electrons. The highest BCUT2D eigenvalue weighted by molar-refractivity contribution is 5.81. The van der Waals surface area contributed by atoms with Crippen LogP contribution in [0.1, 0.15) is 38.3 Å². The molecule has 0 fully saturated rings. The molecule has 1 N–H and O–H groups in total. The summed E-state index contributed by atoms with van der Waals surface area (Å²) in [5, 5.41) is 3.09. The molecule has 0 bridgehead atoms. The number of amides is 1. The Kier molecular flexibility index (Phi) is 6.67. The SMILES string of the molecule is CC[C@H](Oc1ccccc1)C(=O)N[C@@H](CC)c1ccc(OC)cc1. The minimum Gasteiger partial charge on any atom is -0.497 e. The molecule has 24 heavy (non-hydrogen) atoms. The van der Waals surface area contributed by atoms with Crippen LogP contribution in [0.4, 0.5) is 0 Å². The fourth-order valence-corrected chi connectivity index (χ4v) is 2.51. The highest BCUT2D eigenvalue weighted by Crippen LogP contribution is 2.21. The van der Waals surface area contributed by atoms with Crippen molar-refractivity contribution >= 4 is 5.91 Å². The number of hydrogen-bond donors (Lipinski definition) is 1. The maximum atomic E-state index is 12.6. The van der Waals surface area contributed by atoms with Crippen LogP contribution < -0.4 is 14.8 Å². The molecule has 0 unspecified atom stereocenters. The van der Waals surface area contributed by atoms with Crippen molar-refractivity contribution in [2.75, 3.05) is 7.11 Å². The molecular weight excluding hydrogens is 302 g/mol. The number of ether oxygens (including phenoxy) is 2. The van der Waals surface area contributed by atoms with E-state index < -0.39 is 6.10 Å². The van der Waals surface area contributed by atoms with E-state index in [0.29, 0.717) is 12.2 Å². The molecule has 0 radical (unpaired) electrons. The van der Waals surface area contributed by atoms with Gasteiger partial charge in [0.1, 0.15) is 11.5 Å². The standard InChI is InChI=1S/C20H25NO3/c1-4-18(15-11-13-16(23-3)14-12-15)21-20(22)19(5-2)24-17-9-7-6-8-10-17/h6-14,18-19H,4-5H2,1-3H3,(H,21,22)/t18-,19-/m0/s1. The van der Waals surface area contributed by atoms with E-state index in [0.717, 1.165) is 17.7 Å². The van der Waals surface area contributed by atoms with E-state index in [2.05, 4.69) is 5.32 Å². The predicted octanol–water partition coefficient (Wildman–Crippen LogP) is 4.12. The van der Waals surface area contributed by atoms with E-state index in [1.807, 2.05) is 68.4 Å². The van der Waals surface area contributed by atoms with Crippen LogP contribution in [0.2, 0.25) is 0 Å². The van der Waals surface area contributed by atoms with Crippen LogP contribution in [-0.2, 0) is 4.79 Å². The summed E-state index contributed by atoms with van der Waals surface area (Å²) >= 11 is 0.